The first-order valence-corrected chi connectivity index (χ1v) is 13.6. The van der Waals surface area contributed by atoms with Crippen molar-refractivity contribution in [1.82, 2.24) is 0 Å². The van der Waals surface area contributed by atoms with Crippen molar-refractivity contribution >= 4 is 53.9 Å². The maximum Gasteiger partial charge on any atom is 0.119 e. The van der Waals surface area contributed by atoms with E-state index in [0.717, 1.165) is 18.8 Å². The molecule has 0 atom stereocenters. The average Bonchev–Trinajstić information content (AvgIpc) is 2.95. The molecule has 0 bridgehead atoms. The van der Waals surface area contributed by atoms with Gasteiger partial charge < -0.3 is 4.74 Å². The lowest BCUT2D eigenvalue weighted by Crippen LogP contribution is -1.97. The number of hydrogen-bond acceptors (Lipinski definition) is 1. The van der Waals surface area contributed by atoms with Crippen molar-refractivity contribution in [2.24, 2.45) is 0 Å². The molecule has 0 radical (unpaired) electrons. The Labute approximate surface area is 217 Å². The van der Waals surface area contributed by atoms with Crippen molar-refractivity contribution in [2.45, 2.75) is 32.6 Å². The second-order valence-electron chi connectivity index (χ2n) is 10.2. The fraction of sp³-hybridized carbons (Fsp3) is 0.167. The van der Waals surface area contributed by atoms with E-state index in [4.69, 9.17) is 4.74 Å². The first kappa shape index (κ1) is 22.1. The van der Waals surface area contributed by atoms with E-state index in [-0.39, 0.29) is 0 Å². The van der Waals surface area contributed by atoms with Gasteiger partial charge in [-0.3, -0.25) is 0 Å². The van der Waals surface area contributed by atoms with Crippen molar-refractivity contribution in [3.05, 3.63) is 103 Å². The molecule has 0 aliphatic heterocycles. The Bertz CT molecular complexity index is 1880. The van der Waals surface area contributed by atoms with Crippen molar-refractivity contribution in [1.29, 1.82) is 0 Å². The molecule has 0 saturated carbocycles. The third-order valence-electron chi connectivity index (χ3n) is 7.90. The molecule has 0 aliphatic carbocycles. The van der Waals surface area contributed by atoms with Crippen LogP contribution in [0.4, 0.5) is 0 Å². The SMILES string of the molecule is CCCCCCOc1ccc(-c2cc3cc4ccccc4c4ccc5c6ccccc6cc2c5c34)cc1. The number of benzene rings is 7. The molecular weight excluding hydrogens is 448 g/mol. The molecule has 0 fully saturated rings. The quantitative estimate of drug-likeness (QED) is 0.126. The van der Waals surface area contributed by atoms with Gasteiger partial charge in [-0.05, 0) is 102 Å². The van der Waals surface area contributed by atoms with E-state index in [1.807, 2.05) is 0 Å². The summed E-state index contributed by atoms with van der Waals surface area (Å²) in [7, 11) is 0. The molecule has 0 amide bonds. The van der Waals surface area contributed by atoms with Gasteiger partial charge in [0.05, 0.1) is 6.61 Å². The Morgan fingerprint density at radius 1 is 0.514 bits per heavy atom. The van der Waals surface area contributed by atoms with Crippen molar-refractivity contribution in [2.75, 3.05) is 6.61 Å². The third-order valence-corrected chi connectivity index (χ3v) is 7.90. The lowest BCUT2D eigenvalue weighted by molar-refractivity contribution is 0.305. The second kappa shape index (κ2) is 9.09. The Balaban J connectivity index is 1.44. The van der Waals surface area contributed by atoms with Crippen molar-refractivity contribution in [3.63, 3.8) is 0 Å². The van der Waals surface area contributed by atoms with Gasteiger partial charge in [0, 0.05) is 0 Å². The molecule has 0 aromatic heterocycles. The summed E-state index contributed by atoms with van der Waals surface area (Å²) in [5.74, 6) is 0.953. The molecule has 7 rings (SSSR count). The van der Waals surface area contributed by atoms with Gasteiger partial charge in [-0.25, -0.2) is 0 Å². The maximum absolute atomic E-state index is 6.04. The van der Waals surface area contributed by atoms with Crippen LogP contribution in [0.25, 0.3) is 65.0 Å². The van der Waals surface area contributed by atoms with Crippen LogP contribution < -0.4 is 4.74 Å². The predicted octanol–water partition coefficient (Wildman–Crippen LogP) is 10.5. The van der Waals surface area contributed by atoms with Gasteiger partial charge in [-0.2, -0.15) is 0 Å². The number of unbranched alkanes of at least 4 members (excludes halogenated alkanes) is 3. The van der Waals surface area contributed by atoms with E-state index < -0.39 is 0 Å². The molecule has 180 valence electrons. The van der Waals surface area contributed by atoms with Crippen LogP contribution in [-0.2, 0) is 0 Å². The lowest BCUT2D eigenvalue weighted by Gasteiger charge is -2.18. The van der Waals surface area contributed by atoms with Gasteiger partial charge in [0.1, 0.15) is 5.75 Å². The summed E-state index contributed by atoms with van der Waals surface area (Å²) in [6.07, 6.45) is 4.88. The smallest absolute Gasteiger partial charge is 0.119 e. The molecule has 0 N–H and O–H groups in total. The standard InChI is InChI=1S/C36H30O/c1-2-3-4-9-20-37-28-16-14-24(15-17-28)33-23-27-21-25-10-5-7-12-29(25)31-18-19-32-30-13-8-6-11-26(30)22-34(33)36(32)35(27)31/h5-8,10-19,21-23H,2-4,9,20H2,1H3. The van der Waals surface area contributed by atoms with Crippen molar-refractivity contribution < 1.29 is 4.74 Å². The zero-order chi connectivity index (χ0) is 24.8. The van der Waals surface area contributed by atoms with Gasteiger partial charge in [0.2, 0.25) is 0 Å². The first-order valence-electron chi connectivity index (χ1n) is 13.6. The zero-order valence-electron chi connectivity index (χ0n) is 21.3. The maximum atomic E-state index is 6.04. The Hall–Kier alpha value is -4.10. The highest BCUT2D eigenvalue weighted by Crippen LogP contribution is 2.45. The summed E-state index contributed by atoms with van der Waals surface area (Å²) in [5.41, 5.74) is 2.51. The zero-order valence-corrected chi connectivity index (χ0v) is 21.3. The normalized spacial score (nSPS) is 11.9. The molecule has 1 heteroatoms. The number of hydrogen-bond donors (Lipinski definition) is 0. The van der Waals surface area contributed by atoms with Gasteiger partial charge in [0.15, 0.2) is 0 Å². The fourth-order valence-corrected chi connectivity index (χ4v) is 6.08. The Morgan fingerprint density at radius 3 is 1.92 bits per heavy atom. The van der Waals surface area contributed by atoms with Crippen LogP contribution in [-0.4, -0.2) is 6.61 Å². The summed E-state index contributed by atoms with van der Waals surface area (Å²) in [6.45, 7) is 3.03. The molecular formula is C36H30O. The average molecular weight is 479 g/mol. The minimum atomic E-state index is 0.787. The second-order valence-corrected chi connectivity index (χ2v) is 10.2. The van der Waals surface area contributed by atoms with Crippen LogP contribution in [0.15, 0.2) is 103 Å². The van der Waals surface area contributed by atoms with Crippen LogP contribution in [0.1, 0.15) is 32.6 Å². The number of rotatable bonds is 7. The Morgan fingerprint density at radius 2 is 1.19 bits per heavy atom. The number of ether oxygens (including phenoxy) is 1. The Kier molecular flexibility index (Phi) is 5.43. The summed E-state index contributed by atoms with van der Waals surface area (Å²) < 4.78 is 6.04. The highest BCUT2D eigenvalue weighted by atomic mass is 16.5. The highest BCUT2D eigenvalue weighted by molar-refractivity contribution is 6.34. The number of fused-ring (bicyclic) bond motifs is 4. The molecule has 0 heterocycles. The minimum Gasteiger partial charge on any atom is -0.494 e. The van der Waals surface area contributed by atoms with E-state index in [2.05, 4.69) is 110 Å². The van der Waals surface area contributed by atoms with Crippen LogP contribution in [0.2, 0.25) is 0 Å². The van der Waals surface area contributed by atoms with Crippen molar-refractivity contribution in [3.8, 4) is 16.9 Å². The largest absolute Gasteiger partial charge is 0.494 e. The predicted molar refractivity (Wildman–Crippen MR) is 160 cm³/mol. The van der Waals surface area contributed by atoms with Gasteiger partial charge >= 0.3 is 0 Å². The third kappa shape index (κ3) is 3.69. The van der Waals surface area contributed by atoms with E-state index in [9.17, 15) is 0 Å². The van der Waals surface area contributed by atoms with E-state index in [0.29, 0.717) is 0 Å². The fourth-order valence-electron chi connectivity index (χ4n) is 6.08. The lowest BCUT2D eigenvalue weighted by atomic mass is 9.85. The van der Waals surface area contributed by atoms with Crippen LogP contribution >= 0.6 is 0 Å². The molecule has 37 heavy (non-hydrogen) atoms. The first-order chi connectivity index (χ1) is 18.3. The molecule has 1 nitrogen and oxygen atoms in total. The molecule has 0 aliphatic rings. The van der Waals surface area contributed by atoms with E-state index in [1.165, 1.54) is 84.3 Å². The molecule has 0 spiro atoms. The summed E-state index contributed by atoms with van der Waals surface area (Å²) in [5, 5.41) is 13.2. The van der Waals surface area contributed by atoms with Crippen LogP contribution in [0.5, 0.6) is 5.75 Å². The minimum absolute atomic E-state index is 0.787. The van der Waals surface area contributed by atoms with Gasteiger partial charge in [-0.15, -0.1) is 0 Å². The summed E-state index contributed by atoms with van der Waals surface area (Å²) >= 11 is 0. The van der Waals surface area contributed by atoms with Gasteiger partial charge in [-0.1, -0.05) is 99.0 Å². The van der Waals surface area contributed by atoms with Crippen LogP contribution in [0, 0.1) is 0 Å². The summed E-state index contributed by atoms with van der Waals surface area (Å²) in [6, 6.07) is 38.0. The van der Waals surface area contributed by atoms with Crippen LogP contribution in [0.3, 0.4) is 0 Å². The monoisotopic (exact) mass is 478 g/mol. The molecule has 0 unspecified atom stereocenters. The van der Waals surface area contributed by atoms with Gasteiger partial charge in [0.25, 0.3) is 0 Å². The molecule has 0 saturated heterocycles. The summed E-state index contributed by atoms with van der Waals surface area (Å²) in [4.78, 5) is 0. The highest BCUT2D eigenvalue weighted by Gasteiger charge is 2.17. The van der Waals surface area contributed by atoms with E-state index in [1.54, 1.807) is 0 Å². The topological polar surface area (TPSA) is 9.23 Å². The van der Waals surface area contributed by atoms with E-state index >= 15 is 0 Å². The molecule has 7 aromatic carbocycles. The molecule has 7 aromatic rings.